The lowest BCUT2D eigenvalue weighted by Gasteiger charge is -2.26. The number of amides is 1. The van der Waals surface area contributed by atoms with Gasteiger partial charge in [0.15, 0.2) is 0 Å². The van der Waals surface area contributed by atoms with Gasteiger partial charge < -0.3 is 5.32 Å². The maximum atomic E-state index is 11.5. The van der Waals surface area contributed by atoms with E-state index in [0.29, 0.717) is 0 Å². The zero-order valence-corrected chi connectivity index (χ0v) is 7.82. The molecule has 0 spiro atoms. The molecule has 2 atom stereocenters. The molecule has 0 radical (unpaired) electrons. The monoisotopic (exact) mass is 186 g/mol. The molecule has 1 aliphatic rings. The van der Waals surface area contributed by atoms with Crippen molar-refractivity contribution in [1.29, 1.82) is 5.26 Å². The Morgan fingerprint density at radius 2 is 2.14 bits per heavy atom. The van der Waals surface area contributed by atoms with Crippen molar-refractivity contribution in [3.8, 4) is 6.07 Å². The molecule has 14 heavy (non-hydrogen) atoms. The summed E-state index contributed by atoms with van der Waals surface area (Å²) >= 11 is 0. The number of nitrogens with zero attached hydrogens (tertiary/aromatic N) is 1. The van der Waals surface area contributed by atoms with Crippen LogP contribution >= 0.6 is 0 Å². The highest BCUT2D eigenvalue weighted by Gasteiger charge is 2.32. The minimum Gasteiger partial charge on any atom is -0.325 e. The molecule has 2 unspecified atom stereocenters. The van der Waals surface area contributed by atoms with E-state index in [1.165, 1.54) is 0 Å². The van der Waals surface area contributed by atoms with Gasteiger partial charge in [0.2, 0.25) is 5.91 Å². The standard InChI is InChI=1S/C11H10N2O/c1-7-8-4-2-3-5-10(8)13-11(14)9(7)6-12/h2-5,7,9H,1H3,(H,13,14). The van der Waals surface area contributed by atoms with Gasteiger partial charge in [-0.05, 0) is 11.6 Å². The Balaban J connectivity index is 2.50. The second-order valence-electron chi connectivity index (χ2n) is 3.47. The summed E-state index contributed by atoms with van der Waals surface area (Å²) in [6.07, 6.45) is 0. The fourth-order valence-electron chi connectivity index (χ4n) is 1.80. The predicted molar refractivity (Wildman–Crippen MR) is 52.6 cm³/mol. The number of carbonyl (C=O) groups is 1. The van der Waals surface area contributed by atoms with Crippen molar-refractivity contribution in [3.63, 3.8) is 0 Å². The summed E-state index contributed by atoms with van der Waals surface area (Å²) in [5.41, 5.74) is 1.87. The van der Waals surface area contributed by atoms with E-state index in [1.807, 2.05) is 37.3 Å². The van der Waals surface area contributed by atoms with Gasteiger partial charge in [0.1, 0.15) is 5.92 Å². The van der Waals surface area contributed by atoms with Crippen LogP contribution in [0.15, 0.2) is 24.3 Å². The second kappa shape index (κ2) is 3.15. The number of benzene rings is 1. The van der Waals surface area contributed by atoms with Crippen molar-refractivity contribution in [1.82, 2.24) is 0 Å². The summed E-state index contributed by atoms with van der Waals surface area (Å²) in [4.78, 5) is 11.5. The third-order valence-corrected chi connectivity index (χ3v) is 2.63. The zero-order valence-electron chi connectivity index (χ0n) is 7.82. The Kier molecular flexibility index (Phi) is 1.97. The van der Waals surface area contributed by atoms with E-state index in [9.17, 15) is 4.79 Å². The van der Waals surface area contributed by atoms with Gasteiger partial charge in [0, 0.05) is 11.6 Å². The molecule has 1 aliphatic heterocycles. The Morgan fingerprint density at radius 3 is 2.86 bits per heavy atom. The summed E-state index contributed by atoms with van der Waals surface area (Å²) in [6, 6.07) is 9.63. The second-order valence-corrected chi connectivity index (χ2v) is 3.47. The Bertz CT molecular complexity index is 420. The number of nitrogens with one attached hydrogen (secondary N) is 1. The van der Waals surface area contributed by atoms with Crippen LogP contribution in [-0.2, 0) is 4.79 Å². The van der Waals surface area contributed by atoms with Gasteiger partial charge in [-0.15, -0.1) is 0 Å². The Hall–Kier alpha value is -1.82. The van der Waals surface area contributed by atoms with Crippen molar-refractivity contribution in [2.75, 3.05) is 5.32 Å². The van der Waals surface area contributed by atoms with Crippen LogP contribution in [-0.4, -0.2) is 5.91 Å². The van der Waals surface area contributed by atoms with Crippen LogP contribution in [0.5, 0.6) is 0 Å². The molecule has 1 amide bonds. The number of hydrogen-bond donors (Lipinski definition) is 1. The third-order valence-electron chi connectivity index (χ3n) is 2.63. The topological polar surface area (TPSA) is 52.9 Å². The molecule has 0 saturated carbocycles. The van der Waals surface area contributed by atoms with Gasteiger partial charge in [-0.2, -0.15) is 5.26 Å². The van der Waals surface area contributed by atoms with Gasteiger partial charge in [-0.25, -0.2) is 0 Å². The fourth-order valence-corrected chi connectivity index (χ4v) is 1.80. The van der Waals surface area contributed by atoms with Crippen molar-refractivity contribution in [2.45, 2.75) is 12.8 Å². The summed E-state index contributed by atoms with van der Waals surface area (Å²) in [6.45, 7) is 1.91. The Morgan fingerprint density at radius 1 is 1.43 bits per heavy atom. The van der Waals surface area contributed by atoms with Crippen LogP contribution < -0.4 is 5.32 Å². The molecule has 0 aliphatic carbocycles. The van der Waals surface area contributed by atoms with Gasteiger partial charge >= 0.3 is 0 Å². The van der Waals surface area contributed by atoms with Crippen molar-refractivity contribution in [2.24, 2.45) is 5.92 Å². The van der Waals surface area contributed by atoms with E-state index in [0.717, 1.165) is 11.3 Å². The number of nitriles is 1. The molecule has 0 aromatic heterocycles. The lowest BCUT2D eigenvalue weighted by Crippen LogP contribution is -2.31. The van der Waals surface area contributed by atoms with Crippen molar-refractivity contribution in [3.05, 3.63) is 29.8 Å². The van der Waals surface area contributed by atoms with E-state index in [2.05, 4.69) is 5.32 Å². The first kappa shape index (κ1) is 8.76. The van der Waals surface area contributed by atoms with Crippen molar-refractivity contribution < 1.29 is 4.79 Å². The summed E-state index contributed by atoms with van der Waals surface area (Å²) in [5, 5.41) is 11.6. The number of hydrogen-bond acceptors (Lipinski definition) is 2. The van der Waals surface area contributed by atoms with E-state index in [1.54, 1.807) is 0 Å². The first-order valence-electron chi connectivity index (χ1n) is 4.53. The fraction of sp³-hybridized carbons (Fsp3) is 0.273. The first-order valence-corrected chi connectivity index (χ1v) is 4.53. The summed E-state index contributed by atoms with van der Waals surface area (Å²) in [5.74, 6) is -0.784. The molecule has 3 nitrogen and oxygen atoms in total. The van der Waals surface area contributed by atoms with Crippen LogP contribution in [0.3, 0.4) is 0 Å². The zero-order chi connectivity index (χ0) is 10.1. The summed E-state index contributed by atoms with van der Waals surface area (Å²) < 4.78 is 0. The largest absolute Gasteiger partial charge is 0.325 e. The first-order chi connectivity index (χ1) is 6.74. The molecular weight excluding hydrogens is 176 g/mol. The van der Waals surface area contributed by atoms with E-state index < -0.39 is 5.92 Å². The molecule has 1 heterocycles. The molecule has 1 N–H and O–H groups in total. The lowest BCUT2D eigenvalue weighted by atomic mass is 9.84. The lowest BCUT2D eigenvalue weighted by molar-refractivity contribution is -0.119. The normalized spacial score (nSPS) is 24.7. The molecule has 0 bridgehead atoms. The van der Waals surface area contributed by atoms with Gasteiger partial charge in [0.05, 0.1) is 6.07 Å². The number of rotatable bonds is 0. The SMILES string of the molecule is CC1c2ccccc2NC(=O)C1C#N. The molecular formula is C11H10N2O. The predicted octanol–water partition coefficient (Wildman–Crippen LogP) is 1.88. The van der Waals surface area contributed by atoms with Crippen LogP contribution in [0.25, 0.3) is 0 Å². The molecule has 0 fully saturated rings. The average Bonchev–Trinajstić information content (AvgIpc) is 2.18. The highest BCUT2D eigenvalue weighted by atomic mass is 16.1. The summed E-state index contributed by atoms with van der Waals surface area (Å²) in [7, 11) is 0. The number of para-hydroxylation sites is 1. The van der Waals surface area contributed by atoms with Gasteiger partial charge in [0.25, 0.3) is 0 Å². The van der Waals surface area contributed by atoms with Crippen LogP contribution in [0, 0.1) is 17.2 Å². The molecule has 2 rings (SSSR count). The minimum atomic E-state index is -0.565. The molecule has 1 aromatic rings. The van der Waals surface area contributed by atoms with E-state index in [-0.39, 0.29) is 11.8 Å². The van der Waals surface area contributed by atoms with Crippen molar-refractivity contribution >= 4 is 11.6 Å². The molecule has 3 heteroatoms. The number of anilines is 1. The van der Waals surface area contributed by atoms with Gasteiger partial charge in [-0.3, -0.25) is 4.79 Å². The highest BCUT2D eigenvalue weighted by molar-refractivity contribution is 5.98. The third kappa shape index (κ3) is 1.16. The molecule has 0 saturated heterocycles. The Labute approximate surface area is 82.4 Å². The van der Waals surface area contributed by atoms with Crippen LogP contribution in [0.2, 0.25) is 0 Å². The quantitative estimate of drug-likeness (QED) is 0.672. The minimum absolute atomic E-state index is 0.0232. The highest BCUT2D eigenvalue weighted by Crippen LogP contribution is 2.34. The number of fused-ring (bicyclic) bond motifs is 1. The van der Waals surface area contributed by atoms with E-state index >= 15 is 0 Å². The molecule has 70 valence electrons. The average molecular weight is 186 g/mol. The van der Waals surface area contributed by atoms with E-state index in [4.69, 9.17) is 5.26 Å². The maximum absolute atomic E-state index is 11.5. The number of carbonyl (C=O) groups excluding carboxylic acids is 1. The van der Waals surface area contributed by atoms with Crippen LogP contribution in [0.1, 0.15) is 18.4 Å². The van der Waals surface area contributed by atoms with Gasteiger partial charge in [-0.1, -0.05) is 25.1 Å². The smallest absolute Gasteiger partial charge is 0.242 e. The maximum Gasteiger partial charge on any atom is 0.242 e. The molecule has 1 aromatic carbocycles. The van der Waals surface area contributed by atoms with Crippen LogP contribution in [0.4, 0.5) is 5.69 Å².